The Labute approximate surface area is 379 Å². The van der Waals surface area contributed by atoms with E-state index in [1.807, 2.05) is 0 Å². The van der Waals surface area contributed by atoms with Crippen LogP contribution in [0, 0.1) is 0 Å². The maximum atomic E-state index is 8.42. The van der Waals surface area contributed by atoms with Gasteiger partial charge in [-0.3, -0.25) is 7.32 Å². The van der Waals surface area contributed by atoms with E-state index in [1.54, 1.807) is 0 Å². The Morgan fingerprint density at radius 3 is 0.450 bits per heavy atom. The molecule has 0 aliphatic heterocycles. The minimum atomic E-state index is -2.92. The predicted octanol–water partition coefficient (Wildman–Crippen LogP) is 11.2. The molecule has 0 aromatic heterocycles. The molecule has 0 N–H and O–H groups in total. The molecule has 0 saturated carbocycles. The summed E-state index contributed by atoms with van der Waals surface area (Å²) in [5, 5.41) is 25.2. The van der Waals surface area contributed by atoms with Crippen molar-refractivity contribution in [2.75, 3.05) is 54.6 Å². The average molecular weight is 1930 g/mol. The average Bonchev–Trinajstić information content (AvgIpc) is 2.86. The maximum absolute atomic E-state index is 8.42. The summed E-state index contributed by atoms with van der Waals surface area (Å²) >= 11 is 17.0. The Bertz CT molecular complexity index is 596. The molecule has 40 heavy (non-hydrogen) atoms. The molecule has 0 atom stereocenters. The van der Waals surface area contributed by atoms with Crippen LogP contribution < -0.4 is 15.1 Å². The molecule has 0 heterocycles. The molecule has 0 aliphatic rings. The molecule has 0 aliphatic carbocycles. The van der Waals surface area contributed by atoms with Crippen LogP contribution in [0.15, 0.2) is 0 Å². The molecule has 0 spiro atoms. The van der Waals surface area contributed by atoms with Gasteiger partial charge in [0.25, 0.3) is 0 Å². The van der Waals surface area contributed by atoms with Crippen molar-refractivity contribution in [1.29, 1.82) is 0 Å². The van der Waals surface area contributed by atoms with Crippen molar-refractivity contribution in [2.45, 2.75) is 62.3 Å². The predicted molar refractivity (Wildman–Crippen MR) is 287 cm³/mol. The quantitative estimate of drug-likeness (QED) is 0.0846. The fourth-order valence-electron chi connectivity index (χ4n) is 2.92. The monoisotopic (exact) mass is 1930 g/mol. The summed E-state index contributed by atoms with van der Waals surface area (Å²) in [4.78, 5) is 7.78. The number of hydrogen-bond donors (Lipinski definition) is 0. The zero-order chi connectivity index (χ0) is 33.8. The van der Waals surface area contributed by atoms with Crippen molar-refractivity contribution in [1.82, 2.24) is 0 Å². The first-order chi connectivity index (χ1) is 17.5. The molecule has 0 amide bonds. The SMILES string of the molecule is CCI(C)(CC)(CC)[N+](I)(I)I.CCI(C)(CC)(CC)[N+](I)(I)I.CCI(C)(CC)(CC)[N+](I)(I)I.[O-]B([O-])[O-]. The van der Waals surface area contributed by atoms with Gasteiger partial charge < -0.3 is 15.1 Å². The summed E-state index contributed by atoms with van der Waals surface area (Å²) in [6.45, 7) is 21.4. The number of quaternary nitrogens is 3. The Balaban J connectivity index is -0.000000227. The first kappa shape index (κ1) is 55.3. The van der Waals surface area contributed by atoms with Crippen molar-refractivity contribution in [3.8, 4) is 0 Å². The zero-order valence-corrected chi connectivity index (χ0v) is 51.9. The van der Waals surface area contributed by atoms with Crippen LogP contribution in [0.1, 0.15) is 62.3 Å². The molecule has 0 aromatic carbocycles. The van der Waals surface area contributed by atoms with Gasteiger partial charge in [-0.2, -0.15) is 0 Å². The Morgan fingerprint density at radius 2 is 0.450 bits per heavy atom. The van der Waals surface area contributed by atoms with E-state index in [0.717, 1.165) is -7.99 Å². The summed E-state index contributed by atoms with van der Waals surface area (Å²) in [5.41, 5.74) is 0. The van der Waals surface area contributed by atoms with E-state index in [1.165, 1.54) is 39.8 Å². The van der Waals surface area contributed by atoms with E-state index in [0.29, 0.717) is 0 Å². The van der Waals surface area contributed by atoms with E-state index in [2.05, 4.69) is 283 Å². The van der Waals surface area contributed by atoms with E-state index in [-0.39, 0.29) is 0 Å². The molecule has 0 unspecified atom stereocenters. The Kier molecular flexibility index (Phi) is 30.4. The summed E-state index contributed by atoms with van der Waals surface area (Å²) in [6.07, 6.45) is 0. The Hall–Kier alpha value is 8.58. The van der Waals surface area contributed by atoms with Crippen LogP contribution in [0.2, 0.25) is 0 Å². The zero-order valence-electron chi connectivity index (χ0n) is 26.0. The van der Waals surface area contributed by atoms with Gasteiger partial charge in [0.2, 0.25) is 0 Å². The first-order valence-corrected chi connectivity index (χ1v) is 44.4. The van der Waals surface area contributed by atoms with E-state index in [4.69, 9.17) is 15.1 Å². The second kappa shape index (κ2) is 22.0. The van der Waals surface area contributed by atoms with Gasteiger partial charge >= 0.3 is 367 Å². The summed E-state index contributed by atoms with van der Waals surface area (Å²) in [5.74, 6) is 0. The maximum Gasteiger partial charge on any atom is -0.278 e. The van der Waals surface area contributed by atoms with Crippen LogP contribution in [-0.2, 0) is 0 Å². The van der Waals surface area contributed by atoms with Gasteiger partial charge in [-0.15, -0.1) is 0 Å². The fourth-order valence-corrected chi connectivity index (χ4v) is 66.3. The van der Waals surface area contributed by atoms with Crippen molar-refractivity contribution >= 4 is 265 Å². The van der Waals surface area contributed by atoms with Crippen LogP contribution in [0.4, 0.5) is 0 Å². The second-order valence-electron chi connectivity index (χ2n) is 9.53. The molecule has 0 radical (unpaired) electrons. The van der Waals surface area contributed by atoms with Crippen LogP contribution in [0.25, 0.3) is 0 Å². The molecular weight excluding hydrogens is 1880 g/mol. The smallest absolute Gasteiger partial charge is 0.278 e. The molecular formula is C21H54BI12N3O3. The second-order valence-corrected chi connectivity index (χ2v) is 106. The van der Waals surface area contributed by atoms with Crippen molar-refractivity contribution in [3.05, 3.63) is 0 Å². The molecule has 19 heteroatoms. The molecule has 0 aromatic rings. The van der Waals surface area contributed by atoms with Gasteiger partial charge in [0, 0.05) is 0 Å². The van der Waals surface area contributed by atoms with Gasteiger partial charge in [0.1, 0.15) is 0 Å². The summed E-state index contributed by atoms with van der Waals surface area (Å²) in [7, 11) is -2.92. The third-order valence-corrected chi connectivity index (χ3v) is 127. The molecule has 0 bridgehead atoms. The van der Waals surface area contributed by atoms with Crippen LogP contribution in [-0.4, -0.2) is 54.0 Å². The first-order valence-electron chi connectivity index (χ1n) is 12.6. The fraction of sp³-hybridized carbons (Fsp3) is 1.00. The number of nitrogens with zero attached hydrogens (tertiary/aromatic N) is 3. The van der Waals surface area contributed by atoms with Crippen molar-refractivity contribution < 1.29 is 7.08 Å². The van der Waals surface area contributed by atoms with Gasteiger partial charge in [0.05, 0.1) is 0 Å². The normalized spacial score (nSPS) is 16.1. The van der Waals surface area contributed by atoms with Gasteiger partial charge in [-0.1, -0.05) is 0 Å². The van der Waals surface area contributed by atoms with E-state index < -0.39 is 59.3 Å². The molecule has 0 fully saturated rings. The molecule has 0 saturated heterocycles. The Morgan fingerprint density at radius 1 is 0.375 bits per heavy atom. The largest absolute Gasteiger partial charge is 0.907 e. The molecule has 6 nitrogen and oxygen atoms in total. The standard InChI is InChI=1S/3C7H18I4N.BO3/c3*1-5-11(4,6-2,7-3)12(8,9)10;2-1(3)4/h3*5-7H2,1-4H3;/q3*+1;-3. The number of hydrogen-bond acceptors (Lipinski definition) is 3. The molecule has 0 rings (SSSR count). The van der Waals surface area contributed by atoms with Crippen LogP contribution in [0.5, 0.6) is 0 Å². The number of alkyl halides is 12. The van der Waals surface area contributed by atoms with Gasteiger partial charge in [-0.25, -0.2) is 0 Å². The minimum absolute atomic E-state index is 1.15. The van der Waals surface area contributed by atoms with Crippen molar-refractivity contribution in [2.24, 2.45) is 0 Å². The molecule has 258 valence electrons. The van der Waals surface area contributed by atoms with Crippen LogP contribution >= 0.6 is 258 Å². The topological polar surface area (TPSA) is 69.2 Å². The van der Waals surface area contributed by atoms with E-state index in [9.17, 15) is 0 Å². The van der Waals surface area contributed by atoms with Crippen molar-refractivity contribution in [3.63, 3.8) is 0 Å². The third kappa shape index (κ3) is 14.9. The summed E-state index contributed by atoms with van der Waals surface area (Å²) in [6, 6.07) is 0. The summed E-state index contributed by atoms with van der Waals surface area (Å²) < 4.78 is 16.2. The van der Waals surface area contributed by atoms with Gasteiger partial charge in [0.15, 0.2) is 0 Å². The number of halogens is 12. The number of rotatable bonds is 12. The van der Waals surface area contributed by atoms with E-state index >= 15 is 0 Å². The van der Waals surface area contributed by atoms with Crippen LogP contribution in [0.3, 0.4) is 0 Å². The van der Waals surface area contributed by atoms with Gasteiger partial charge in [-0.05, 0) is 0 Å². The third-order valence-electron chi connectivity index (χ3n) is 8.68. The minimum Gasteiger partial charge on any atom is -0.907 e.